The highest BCUT2D eigenvalue weighted by atomic mass is 16.5. The van der Waals surface area contributed by atoms with Crippen molar-refractivity contribution >= 4 is 5.96 Å². The van der Waals surface area contributed by atoms with E-state index in [1.54, 1.807) is 14.2 Å². The molecule has 0 amide bonds. The summed E-state index contributed by atoms with van der Waals surface area (Å²) in [5.74, 6) is 2.24. The molecule has 0 saturated heterocycles. The fraction of sp³-hybridized carbons (Fsp3) is 0.562. The van der Waals surface area contributed by atoms with Gasteiger partial charge in [-0.25, -0.2) is 0 Å². The second kappa shape index (κ2) is 10.7. The fourth-order valence-electron chi connectivity index (χ4n) is 1.89. The maximum atomic E-state index is 5.58. The smallest absolute Gasteiger partial charge is 0.191 e. The van der Waals surface area contributed by atoms with Crippen molar-refractivity contribution in [2.45, 2.75) is 20.4 Å². The van der Waals surface area contributed by atoms with Crippen molar-refractivity contribution in [3.8, 4) is 11.5 Å². The number of hydrogen-bond donors (Lipinski definition) is 2. The molecule has 2 N–H and O–H groups in total. The van der Waals surface area contributed by atoms with Crippen LogP contribution in [0.4, 0.5) is 0 Å². The Labute approximate surface area is 132 Å². The molecular formula is C16H27N3O3. The van der Waals surface area contributed by atoms with Gasteiger partial charge < -0.3 is 24.8 Å². The summed E-state index contributed by atoms with van der Waals surface area (Å²) in [6, 6.07) is 5.89. The Hall–Kier alpha value is -1.95. The lowest BCUT2D eigenvalue weighted by molar-refractivity contribution is 0.152. The van der Waals surface area contributed by atoms with Crippen LogP contribution in [0.1, 0.15) is 19.4 Å². The number of guanidine groups is 1. The van der Waals surface area contributed by atoms with Crippen LogP contribution in [0.3, 0.4) is 0 Å². The first-order valence-corrected chi connectivity index (χ1v) is 7.57. The van der Waals surface area contributed by atoms with Gasteiger partial charge in [0.15, 0.2) is 17.5 Å². The molecular weight excluding hydrogens is 282 g/mol. The average molecular weight is 309 g/mol. The van der Waals surface area contributed by atoms with Crippen LogP contribution in [0.2, 0.25) is 0 Å². The molecule has 1 aromatic carbocycles. The zero-order chi connectivity index (χ0) is 16.2. The van der Waals surface area contributed by atoms with Crippen LogP contribution in [0, 0.1) is 0 Å². The molecule has 0 radical (unpaired) electrons. The fourth-order valence-corrected chi connectivity index (χ4v) is 1.89. The third-order valence-electron chi connectivity index (χ3n) is 2.95. The van der Waals surface area contributed by atoms with Crippen LogP contribution in [-0.2, 0) is 11.3 Å². The van der Waals surface area contributed by atoms with Gasteiger partial charge in [-0.15, -0.1) is 0 Å². The van der Waals surface area contributed by atoms with Crippen molar-refractivity contribution in [3.63, 3.8) is 0 Å². The van der Waals surface area contributed by atoms with Gasteiger partial charge in [-0.05, 0) is 31.5 Å². The van der Waals surface area contributed by atoms with E-state index in [0.717, 1.165) is 36.2 Å². The maximum absolute atomic E-state index is 5.58. The molecule has 0 bridgehead atoms. The van der Waals surface area contributed by atoms with Gasteiger partial charge in [0, 0.05) is 26.7 Å². The van der Waals surface area contributed by atoms with Crippen LogP contribution in [0.5, 0.6) is 11.5 Å². The highest BCUT2D eigenvalue weighted by Crippen LogP contribution is 2.27. The average Bonchev–Trinajstić information content (AvgIpc) is 2.55. The minimum absolute atomic E-state index is 0.605. The van der Waals surface area contributed by atoms with Crippen molar-refractivity contribution in [3.05, 3.63) is 23.8 Å². The minimum atomic E-state index is 0.605. The van der Waals surface area contributed by atoms with Gasteiger partial charge >= 0.3 is 0 Å². The van der Waals surface area contributed by atoms with Crippen molar-refractivity contribution in [2.24, 2.45) is 4.99 Å². The SMILES string of the molecule is CCOCCNC(=NC)NCc1ccc(OC)c(OCC)c1. The first-order chi connectivity index (χ1) is 10.7. The number of nitrogens with zero attached hydrogens (tertiary/aromatic N) is 1. The zero-order valence-electron chi connectivity index (χ0n) is 13.9. The van der Waals surface area contributed by atoms with Crippen LogP contribution >= 0.6 is 0 Å². The van der Waals surface area contributed by atoms with E-state index in [1.165, 1.54) is 0 Å². The van der Waals surface area contributed by atoms with Crippen molar-refractivity contribution in [1.29, 1.82) is 0 Å². The monoisotopic (exact) mass is 309 g/mol. The van der Waals surface area contributed by atoms with E-state index in [9.17, 15) is 0 Å². The molecule has 0 aliphatic rings. The molecule has 124 valence electrons. The van der Waals surface area contributed by atoms with Crippen LogP contribution in [0.25, 0.3) is 0 Å². The third-order valence-corrected chi connectivity index (χ3v) is 2.95. The van der Waals surface area contributed by atoms with E-state index in [-0.39, 0.29) is 0 Å². The molecule has 0 aliphatic carbocycles. The summed E-state index contributed by atoms with van der Waals surface area (Å²) in [5, 5.41) is 6.45. The number of aliphatic imine (C=N–C) groups is 1. The molecule has 6 nitrogen and oxygen atoms in total. The summed E-state index contributed by atoms with van der Waals surface area (Å²) in [6.45, 7) is 7.29. The molecule has 0 atom stereocenters. The predicted octanol–water partition coefficient (Wildman–Crippen LogP) is 1.80. The summed E-state index contributed by atoms with van der Waals surface area (Å²) < 4.78 is 16.1. The van der Waals surface area contributed by atoms with Crippen LogP contribution < -0.4 is 20.1 Å². The second-order valence-electron chi connectivity index (χ2n) is 4.47. The Balaban J connectivity index is 2.53. The molecule has 0 unspecified atom stereocenters. The van der Waals surface area contributed by atoms with E-state index in [2.05, 4.69) is 15.6 Å². The number of hydrogen-bond acceptors (Lipinski definition) is 4. The van der Waals surface area contributed by atoms with Gasteiger partial charge in [-0.2, -0.15) is 0 Å². The van der Waals surface area contributed by atoms with Gasteiger partial charge in [0.1, 0.15) is 0 Å². The van der Waals surface area contributed by atoms with Gasteiger partial charge in [0.25, 0.3) is 0 Å². The minimum Gasteiger partial charge on any atom is -0.493 e. The summed E-state index contributed by atoms with van der Waals surface area (Å²) in [5.41, 5.74) is 1.09. The topological polar surface area (TPSA) is 64.1 Å². The number of ether oxygens (including phenoxy) is 3. The van der Waals surface area contributed by atoms with E-state index in [4.69, 9.17) is 14.2 Å². The lowest BCUT2D eigenvalue weighted by Gasteiger charge is -2.14. The van der Waals surface area contributed by atoms with Gasteiger partial charge in [-0.3, -0.25) is 4.99 Å². The van der Waals surface area contributed by atoms with E-state index in [0.29, 0.717) is 19.8 Å². The molecule has 0 aromatic heterocycles. The van der Waals surface area contributed by atoms with Crippen molar-refractivity contribution in [2.75, 3.05) is 40.5 Å². The molecule has 0 fully saturated rings. The first-order valence-electron chi connectivity index (χ1n) is 7.57. The molecule has 0 aliphatic heterocycles. The van der Waals surface area contributed by atoms with E-state index in [1.807, 2.05) is 32.0 Å². The van der Waals surface area contributed by atoms with Gasteiger partial charge in [0.05, 0.1) is 20.3 Å². The predicted molar refractivity (Wildman–Crippen MR) is 88.9 cm³/mol. The largest absolute Gasteiger partial charge is 0.493 e. The first kappa shape index (κ1) is 18.1. The highest BCUT2D eigenvalue weighted by molar-refractivity contribution is 5.79. The molecule has 0 saturated carbocycles. The number of methoxy groups -OCH3 is 1. The summed E-state index contributed by atoms with van der Waals surface area (Å²) in [4.78, 5) is 4.18. The number of nitrogens with one attached hydrogen (secondary N) is 2. The molecule has 0 spiro atoms. The molecule has 1 aromatic rings. The Bertz CT molecular complexity index is 464. The van der Waals surface area contributed by atoms with Gasteiger partial charge in [0.2, 0.25) is 0 Å². The number of benzene rings is 1. The van der Waals surface area contributed by atoms with Gasteiger partial charge in [-0.1, -0.05) is 6.07 Å². The Kier molecular flexibility index (Phi) is 8.83. The highest BCUT2D eigenvalue weighted by Gasteiger charge is 2.06. The third kappa shape index (κ3) is 6.22. The summed E-state index contributed by atoms with van der Waals surface area (Å²) >= 11 is 0. The standard InChI is InChI=1S/C16H27N3O3/c1-5-21-10-9-18-16(17-3)19-12-13-7-8-14(20-4)15(11-13)22-6-2/h7-8,11H,5-6,9-10,12H2,1-4H3,(H2,17,18,19). The lowest BCUT2D eigenvalue weighted by atomic mass is 10.2. The zero-order valence-corrected chi connectivity index (χ0v) is 13.9. The summed E-state index contributed by atoms with van der Waals surface area (Å²) in [7, 11) is 3.38. The Morgan fingerprint density at radius 2 is 1.95 bits per heavy atom. The normalized spacial score (nSPS) is 11.2. The Morgan fingerprint density at radius 1 is 1.14 bits per heavy atom. The quantitative estimate of drug-likeness (QED) is 0.414. The number of rotatable bonds is 9. The summed E-state index contributed by atoms with van der Waals surface area (Å²) in [6.07, 6.45) is 0. The second-order valence-corrected chi connectivity index (χ2v) is 4.47. The lowest BCUT2D eigenvalue weighted by Crippen LogP contribution is -2.38. The maximum Gasteiger partial charge on any atom is 0.191 e. The molecule has 6 heteroatoms. The van der Waals surface area contributed by atoms with Crippen molar-refractivity contribution < 1.29 is 14.2 Å². The molecule has 0 heterocycles. The Morgan fingerprint density at radius 3 is 2.59 bits per heavy atom. The molecule has 22 heavy (non-hydrogen) atoms. The van der Waals surface area contributed by atoms with Crippen molar-refractivity contribution in [1.82, 2.24) is 10.6 Å². The van der Waals surface area contributed by atoms with Crippen LogP contribution in [-0.4, -0.2) is 46.5 Å². The molecule has 1 rings (SSSR count). The van der Waals surface area contributed by atoms with E-state index < -0.39 is 0 Å². The van der Waals surface area contributed by atoms with E-state index >= 15 is 0 Å². The van der Waals surface area contributed by atoms with Crippen LogP contribution in [0.15, 0.2) is 23.2 Å².